The van der Waals surface area contributed by atoms with Gasteiger partial charge in [-0.25, -0.2) is 0 Å². The summed E-state index contributed by atoms with van der Waals surface area (Å²) in [5.74, 6) is 0.137. The van der Waals surface area contributed by atoms with Gasteiger partial charge >= 0.3 is 5.97 Å². The van der Waals surface area contributed by atoms with Crippen LogP contribution in [0.5, 0.6) is 0 Å². The molecule has 0 amide bonds. The van der Waals surface area contributed by atoms with Crippen molar-refractivity contribution in [2.45, 2.75) is 57.5 Å². The van der Waals surface area contributed by atoms with Crippen molar-refractivity contribution in [1.82, 2.24) is 4.90 Å². The summed E-state index contributed by atoms with van der Waals surface area (Å²) in [7, 11) is 0. The smallest absolute Gasteiger partial charge is 0.304 e. The van der Waals surface area contributed by atoms with Crippen molar-refractivity contribution in [3.8, 4) is 0 Å². The Bertz CT molecular complexity index is 242. The summed E-state index contributed by atoms with van der Waals surface area (Å²) >= 11 is 0. The van der Waals surface area contributed by atoms with Crippen LogP contribution in [0.2, 0.25) is 0 Å². The third-order valence-electron chi connectivity index (χ3n) is 4.08. The fourth-order valence-corrected chi connectivity index (χ4v) is 3.02. The van der Waals surface area contributed by atoms with E-state index in [1.165, 1.54) is 25.7 Å². The molecule has 1 N–H and O–H groups in total. The molecule has 0 aromatic carbocycles. The van der Waals surface area contributed by atoms with Gasteiger partial charge in [-0.15, -0.1) is 0 Å². The molecule has 1 heterocycles. The predicted octanol–water partition coefficient (Wildman–Crippen LogP) is 2.11. The molecular formula is C12H21NO2. The van der Waals surface area contributed by atoms with Crippen molar-refractivity contribution in [3.63, 3.8) is 0 Å². The van der Waals surface area contributed by atoms with Crippen molar-refractivity contribution >= 4 is 5.97 Å². The number of rotatable bonds is 3. The highest BCUT2D eigenvalue weighted by Crippen LogP contribution is 2.36. The second kappa shape index (κ2) is 4.52. The summed E-state index contributed by atoms with van der Waals surface area (Å²) in [6.07, 6.45) is 6.46. The van der Waals surface area contributed by atoms with Crippen LogP contribution in [-0.2, 0) is 4.79 Å². The van der Waals surface area contributed by atoms with Gasteiger partial charge in [0.2, 0.25) is 0 Å². The number of carboxylic acids is 1. The molecule has 15 heavy (non-hydrogen) atoms. The van der Waals surface area contributed by atoms with E-state index < -0.39 is 5.97 Å². The van der Waals surface area contributed by atoms with Gasteiger partial charge in [0.25, 0.3) is 0 Å². The van der Waals surface area contributed by atoms with Crippen LogP contribution in [0.15, 0.2) is 0 Å². The molecule has 0 radical (unpaired) electrons. The number of carbonyl (C=O) groups is 1. The Morgan fingerprint density at radius 3 is 2.67 bits per heavy atom. The summed E-state index contributed by atoms with van der Waals surface area (Å²) in [5.41, 5.74) is 0. The molecule has 1 saturated heterocycles. The number of likely N-dealkylation sites (tertiary alicyclic amines) is 1. The molecule has 1 aliphatic heterocycles. The average molecular weight is 211 g/mol. The number of hydrogen-bond donors (Lipinski definition) is 1. The number of piperidine rings is 1. The van der Waals surface area contributed by atoms with E-state index in [-0.39, 0.29) is 0 Å². The van der Waals surface area contributed by atoms with Gasteiger partial charge in [-0.05, 0) is 38.1 Å². The lowest BCUT2D eigenvalue weighted by atomic mass is 9.78. The molecular weight excluding hydrogens is 190 g/mol. The van der Waals surface area contributed by atoms with Crippen molar-refractivity contribution in [1.29, 1.82) is 0 Å². The molecule has 3 heteroatoms. The van der Waals surface area contributed by atoms with Crippen molar-refractivity contribution in [2.24, 2.45) is 5.92 Å². The number of hydrogen-bond acceptors (Lipinski definition) is 2. The molecule has 1 aliphatic carbocycles. The van der Waals surface area contributed by atoms with E-state index in [1.54, 1.807) is 0 Å². The van der Waals surface area contributed by atoms with Crippen LogP contribution < -0.4 is 0 Å². The minimum Gasteiger partial charge on any atom is -0.481 e. The maximum atomic E-state index is 10.8. The molecule has 2 rings (SSSR count). The van der Waals surface area contributed by atoms with E-state index in [9.17, 15) is 4.79 Å². The van der Waals surface area contributed by atoms with Gasteiger partial charge in [0, 0.05) is 12.1 Å². The Labute approximate surface area is 91.5 Å². The van der Waals surface area contributed by atoms with Crippen LogP contribution >= 0.6 is 0 Å². The van der Waals surface area contributed by atoms with E-state index in [1.807, 2.05) is 0 Å². The average Bonchev–Trinajstić information content (AvgIpc) is 2.18. The molecule has 0 bridgehead atoms. The lowest BCUT2D eigenvalue weighted by Gasteiger charge is -2.48. The van der Waals surface area contributed by atoms with Gasteiger partial charge in [-0.2, -0.15) is 0 Å². The third kappa shape index (κ3) is 2.33. The topological polar surface area (TPSA) is 40.5 Å². The van der Waals surface area contributed by atoms with Gasteiger partial charge in [-0.3, -0.25) is 9.69 Å². The first-order chi connectivity index (χ1) is 7.18. The Morgan fingerprint density at radius 2 is 2.13 bits per heavy atom. The van der Waals surface area contributed by atoms with E-state index in [0.29, 0.717) is 18.5 Å². The second-order valence-corrected chi connectivity index (χ2v) is 5.11. The van der Waals surface area contributed by atoms with Crippen molar-refractivity contribution in [3.05, 3.63) is 0 Å². The first kappa shape index (κ1) is 10.9. The van der Waals surface area contributed by atoms with Crippen LogP contribution in [0, 0.1) is 5.92 Å². The Kier molecular flexibility index (Phi) is 3.29. The van der Waals surface area contributed by atoms with Crippen molar-refractivity contribution < 1.29 is 9.90 Å². The molecule has 3 nitrogen and oxygen atoms in total. The van der Waals surface area contributed by atoms with E-state index >= 15 is 0 Å². The van der Waals surface area contributed by atoms with E-state index in [0.717, 1.165) is 18.9 Å². The maximum Gasteiger partial charge on any atom is 0.304 e. The molecule has 3 unspecified atom stereocenters. The zero-order chi connectivity index (χ0) is 10.8. The highest BCUT2D eigenvalue weighted by molar-refractivity contribution is 5.67. The molecule has 86 valence electrons. The zero-order valence-corrected chi connectivity index (χ0v) is 9.48. The zero-order valence-electron chi connectivity index (χ0n) is 9.48. The highest BCUT2D eigenvalue weighted by atomic mass is 16.4. The summed E-state index contributed by atoms with van der Waals surface area (Å²) < 4.78 is 0. The molecule has 0 spiro atoms. The molecule has 2 fully saturated rings. The minimum atomic E-state index is -0.640. The summed E-state index contributed by atoms with van der Waals surface area (Å²) in [4.78, 5) is 13.3. The first-order valence-corrected chi connectivity index (χ1v) is 6.16. The van der Waals surface area contributed by atoms with Gasteiger partial charge in [-0.1, -0.05) is 13.3 Å². The van der Waals surface area contributed by atoms with Crippen LogP contribution in [0.25, 0.3) is 0 Å². The molecule has 2 aliphatic rings. The minimum absolute atomic E-state index is 0.309. The van der Waals surface area contributed by atoms with Gasteiger partial charge in [0.05, 0.1) is 6.42 Å². The summed E-state index contributed by atoms with van der Waals surface area (Å²) in [5, 5.41) is 8.90. The second-order valence-electron chi connectivity index (χ2n) is 5.11. The SMILES string of the molecule is CC1CCC1N1CCCCC1CC(=O)O. The Morgan fingerprint density at radius 1 is 1.33 bits per heavy atom. The number of aliphatic carboxylic acids is 1. The Balaban J connectivity index is 1.96. The van der Waals surface area contributed by atoms with E-state index in [2.05, 4.69) is 11.8 Å². The molecule has 1 saturated carbocycles. The van der Waals surface area contributed by atoms with Gasteiger partial charge in [0.1, 0.15) is 0 Å². The lowest BCUT2D eigenvalue weighted by molar-refractivity contribution is -0.139. The third-order valence-corrected chi connectivity index (χ3v) is 4.08. The fourth-order valence-electron chi connectivity index (χ4n) is 3.02. The Hall–Kier alpha value is -0.570. The lowest BCUT2D eigenvalue weighted by Crippen LogP contribution is -2.53. The summed E-state index contributed by atoms with van der Waals surface area (Å²) in [6, 6.07) is 0.985. The first-order valence-electron chi connectivity index (χ1n) is 6.16. The van der Waals surface area contributed by atoms with E-state index in [4.69, 9.17) is 5.11 Å². The van der Waals surface area contributed by atoms with Crippen molar-refractivity contribution in [2.75, 3.05) is 6.54 Å². The highest BCUT2D eigenvalue weighted by Gasteiger charge is 2.37. The quantitative estimate of drug-likeness (QED) is 0.777. The number of carboxylic acid groups (broad SMARTS) is 1. The normalized spacial score (nSPS) is 37.3. The van der Waals surface area contributed by atoms with Crippen LogP contribution in [0.3, 0.4) is 0 Å². The summed E-state index contributed by atoms with van der Waals surface area (Å²) in [6.45, 7) is 3.41. The molecule has 3 atom stereocenters. The number of nitrogens with zero attached hydrogens (tertiary/aromatic N) is 1. The molecule has 0 aromatic rings. The predicted molar refractivity (Wildman–Crippen MR) is 58.8 cm³/mol. The fraction of sp³-hybridized carbons (Fsp3) is 0.917. The van der Waals surface area contributed by atoms with Gasteiger partial charge < -0.3 is 5.11 Å². The largest absolute Gasteiger partial charge is 0.481 e. The van der Waals surface area contributed by atoms with Crippen LogP contribution in [0.4, 0.5) is 0 Å². The standard InChI is InChI=1S/C12H21NO2/c1-9-5-6-11(9)13-7-3-2-4-10(13)8-12(14)15/h9-11H,2-8H2,1H3,(H,14,15). The van der Waals surface area contributed by atoms with Crippen LogP contribution in [0.1, 0.15) is 45.4 Å². The van der Waals surface area contributed by atoms with Gasteiger partial charge in [0.15, 0.2) is 0 Å². The monoisotopic (exact) mass is 211 g/mol. The maximum absolute atomic E-state index is 10.8. The van der Waals surface area contributed by atoms with Crippen LogP contribution in [-0.4, -0.2) is 34.6 Å². The molecule has 0 aromatic heterocycles.